The molecule has 0 atom stereocenters. The molecule has 0 saturated carbocycles. The second kappa shape index (κ2) is 21.5. The Morgan fingerprint density at radius 1 is 1.25 bits per heavy atom. The minimum Gasteiger partial charge on any atom is -1.00 e. The molecule has 0 saturated heterocycles. The van der Waals surface area contributed by atoms with E-state index < -0.39 is 0 Å². The van der Waals surface area contributed by atoms with E-state index in [0.717, 1.165) is 0 Å². The first-order valence-electron chi connectivity index (χ1n) is 0. The molecular weight excluding hydrogens is 263 g/mol. The van der Waals surface area contributed by atoms with Crippen LogP contribution in [0, 0.1) is 0 Å². The van der Waals surface area contributed by atoms with Gasteiger partial charge in [0.05, 0.1) is 0 Å². The van der Waals surface area contributed by atoms with Gasteiger partial charge in [-0.05, 0) is 0 Å². The summed E-state index contributed by atoms with van der Waals surface area (Å²) in [6, 6.07) is 0. The van der Waals surface area contributed by atoms with Crippen LogP contribution in [0.25, 0.3) is 0 Å². The summed E-state index contributed by atoms with van der Waals surface area (Å²) in [4.78, 5) is 0. The van der Waals surface area contributed by atoms with Crippen LogP contribution in [-0.4, -0.2) is 5.48 Å². The molecule has 0 amide bonds. The first-order valence-corrected chi connectivity index (χ1v) is 0. The average molecular weight is 266 g/mol. The van der Waals surface area contributed by atoms with Gasteiger partial charge >= 0.3 is 18.9 Å². The Hall–Kier alpha value is 1.79. The van der Waals surface area contributed by atoms with Crippen LogP contribution in [0.5, 0.6) is 0 Å². The number of hydrogen-bond acceptors (Lipinski definition) is 0. The molecule has 0 aromatic carbocycles. The smallest absolute Gasteiger partial charge is 1.00 e. The van der Waals surface area contributed by atoms with E-state index in [1.807, 2.05) is 0 Å². The standard InChI is InChI=1S/Li.Ni.H2O.Ta.H/h;;1H2;;/q+1;;;;-1. The summed E-state index contributed by atoms with van der Waals surface area (Å²) in [6.45, 7) is 0. The Kier molecular flexibility index (Phi) is 222. The summed E-state index contributed by atoms with van der Waals surface area (Å²) < 4.78 is 0. The Morgan fingerprint density at radius 2 is 1.25 bits per heavy atom. The van der Waals surface area contributed by atoms with Gasteiger partial charge in [-0.2, -0.15) is 0 Å². The Bertz CT molecular complexity index is 11.6. The van der Waals surface area contributed by atoms with Gasteiger partial charge in [-0.3, -0.25) is 0 Å². The maximum absolute atomic E-state index is 0. The summed E-state index contributed by atoms with van der Waals surface area (Å²) in [7, 11) is 0. The van der Waals surface area contributed by atoms with Crippen molar-refractivity contribution in [3.05, 3.63) is 0 Å². The van der Waals surface area contributed by atoms with Crippen LogP contribution in [0.3, 0.4) is 0 Å². The van der Waals surface area contributed by atoms with Crippen molar-refractivity contribution < 1.29 is 64.6 Å². The minimum atomic E-state index is 0. The van der Waals surface area contributed by atoms with Gasteiger partial charge in [0, 0.05) is 38.9 Å². The molecule has 4 heteroatoms. The minimum absolute atomic E-state index is 0. The SMILES string of the molecule is O.[H-].[Li+].[Ni].[Ta]. The summed E-state index contributed by atoms with van der Waals surface area (Å²) in [6.07, 6.45) is 0. The van der Waals surface area contributed by atoms with Crippen molar-refractivity contribution in [3.63, 3.8) is 0 Å². The van der Waals surface area contributed by atoms with Gasteiger partial charge in [-0.25, -0.2) is 0 Å². The molecule has 0 fully saturated rings. The third-order valence-electron chi connectivity index (χ3n) is 0. The summed E-state index contributed by atoms with van der Waals surface area (Å²) in [5, 5.41) is 0. The van der Waals surface area contributed by atoms with Crippen LogP contribution in [0.4, 0.5) is 0 Å². The van der Waals surface area contributed by atoms with E-state index >= 15 is 0 Å². The maximum Gasteiger partial charge on any atom is 1.00 e. The predicted molar refractivity (Wildman–Crippen MR) is 4.73 cm³/mol. The summed E-state index contributed by atoms with van der Waals surface area (Å²) in [5.74, 6) is 0. The van der Waals surface area contributed by atoms with Crippen LogP contribution in [0.2, 0.25) is 0 Å². The van der Waals surface area contributed by atoms with Crippen molar-refractivity contribution in [1.29, 1.82) is 0 Å². The first kappa shape index (κ1) is 41.4. The molecule has 1 nitrogen and oxygen atoms in total. The van der Waals surface area contributed by atoms with Crippen molar-refractivity contribution >= 4 is 0 Å². The van der Waals surface area contributed by atoms with E-state index in [0.29, 0.717) is 0 Å². The van der Waals surface area contributed by atoms with Gasteiger partial charge in [0.15, 0.2) is 0 Å². The van der Waals surface area contributed by atoms with E-state index in [1.165, 1.54) is 0 Å². The second-order valence-electron chi connectivity index (χ2n) is 0. The van der Waals surface area contributed by atoms with Gasteiger partial charge in [0.1, 0.15) is 0 Å². The fraction of sp³-hybridized carbons (Fsp3) is 0. The molecular formula is H3LiNiOTa. The third kappa shape index (κ3) is 9.21. The molecule has 0 aromatic heterocycles. The fourth-order valence-corrected chi connectivity index (χ4v) is 0. The van der Waals surface area contributed by atoms with Crippen molar-refractivity contribution in [2.24, 2.45) is 0 Å². The van der Waals surface area contributed by atoms with Crippen LogP contribution >= 0.6 is 0 Å². The van der Waals surface area contributed by atoms with E-state index in [1.54, 1.807) is 0 Å². The van der Waals surface area contributed by atoms with E-state index in [2.05, 4.69) is 0 Å². The molecule has 25 valence electrons. The maximum atomic E-state index is 0. The second-order valence-corrected chi connectivity index (χ2v) is 0. The van der Waals surface area contributed by atoms with Gasteiger partial charge < -0.3 is 6.90 Å². The van der Waals surface area contributed by atoms with E-state index in [4.69, 9.17) is 0 Å². The van der Waals surface area contributed by atoms with Crippen molar-refractivity contribution in [1.82, 2.24) is 0 Å². The average Bonchev–Trinajstić information content (AvgIpc) is 0. The van der Waals surface area contributed by atoms with E-state index in [9.17, 15) is 0 Å². The van der Waals surface area contributed by atoms with Crippen molar-refractivity contribution in [2.75, 3.05) is 0 Å². The number of rotatable bonds is 0. The normalized spacial score (nSPS) is 0. The molecule has 0 unspecified atom stereocenters. The zero-order valence-corrected chi connectivity index (χ0v) is 6.46. The van der Waals surface area contributed by atoms with Crippen molar-refractivity contribution in [2.45, 2.75) is 0 Å². The monoisotopic (exact) mass is 265 g/mol. The number of hydrogen-bond donors (Lipinski definition) is 0. The molecule has 0 aliphatic rings. The zero-order chi connectivity index (χ0) is 0. The topological polar surface area (TPSA) is 31.5 Å². The molecule has 0 aliphatic heterocycles. The predicted octanol–water partition coefficient (Wildman–Crippen LogP) is -3.71. The zero-order valence-electron chi connectivity index (χ0n) is 3.26. The van der Waals surface area contributed by atoms with Crippen LogP contribution in [-0.2, 0) is 38.9 Å². The van der Waals surface area contributed by atoms with Crippen molar-refractivity contribution in [3.8, 4) is 0 Å². The van der Waals surface area contributed by atoms with Gasteiger partial charge in [-0.15, -0.1) is 0 Å². The van der Waals surface area contributed by atoms with Crippen LogP contribution < -0.4 is 18.9 Å². The largest absolute Gasteiger partial charge is 1.00 e. The summed E-state index contributed by atoms with van der Waals surface area (Å²) >= 11 is 0. The molecule has 0 bridgehead atoms. The van der Waals surface area contributed by atoms with Crippen LogP contribution in [0.15, 0.2) is 0 Å². The molecule has 0 aliphatic carbocycles. The van der Waals surface area contributed by atoms with Gasteiger partial charge in [0.25, 0.3) is 0 Å². The Balaban J connectivity index is 0. The van der Waals surface area contributed by atoms with Gasteiger partial charge in [0.2, 0.25) is 0 Å². The van der Waals surface area contributed by atoms with Crippen LogP contribution in [0.1, 0.15) is 1.43 Å². The molecule has 0 spiro atoms. The fourth-order valence-electron chi connectivity index (χ4n) is 0. The molecule has 1 radical (unpaired) electrons. The third-order valence-corrected chi connectivity index (χ3v) is 0. The quantitative estimate of drug-likeness (QED) is 0.404. The first-order chi connectivity index (χ1) is 0. The molecule has 0 heterocycles. The molecule has 0 rings (SSSR count). The molecule has 4 heavy (non-hydrogen) atoms. The van der Waals surface area contributed by atoms with E-state index in [-0.39, 0.29) is 64.6 Å². The summed E-state index contributed by atoms with van der Waals surface area (Å²) in [5.41, 5.74) is 0. The Morgan fingerprint density at radius 3 is 1.25 bits per heavy atom. The Labute approximate surface area is 64.3 Å². The van der Waals surface area contributed by atoms with Gasteiger partial charge in [-0.1, -0.05) is 0 Å². The molecule has 2 N–H and O–H groups in total. The molecule has 0 aromatic rings.